The van der Waals surface area contributed by atoms with Crippen molar-refractivity contribution in [1.29, 1.82) is 0 Å². The van der Waals surface area contributed by atoms with E-state index in [2.05, 4.69) is 39.2 Å². The third-order valence-corrected chi connectivity index (χ3v) is 2.94. The Morgan fingerprint density at radius 1 is 1.25 bits per heavy atom. The molecule has 0 fully saturated rings. The first-order valence-electron chi connectivity index (χ1n) is 7.01. The molecule has 0 saturated heterocycles. The lowest BCUT2D eigenvalue weighted by molar-refractivity contribution is -0.384. The Morgan fingerprint density at radius 3 is 2.20 bits per heavy atom. The smallest absolute Gasteiger partial charge is 0.293 e. The van der Waals surface area contributed by atoms with E-state index in [4.69, 9.17) is 0 Å². The number of benzene rings is 1. The molecule has 1 rings (SSSR count). The molecule has 110 valence electrons. The van der Waals surface area contributed by atoms with Crippen molar-refractivity contribution >= 4 is 17.5 Å². The fourth-order valence-corrected chi connectivity index (χ4v) is 2.23. The average Bonchev–Trinajstić information content (AvgIpc) is 2.36. The minimum Gasteiger partial charge on any atom is -0.365 e. The summed E-state index contributed by atoms with van der Waals surface area (Å²) in [6.07, 6.45) is 1.63. The van der Waals surface area contributed by atoms with E-state index in [0.29, 0.717) is 17.5 Å². The number of rotatable bonds is 7. The SMILES string of the molecule is C=Cc1ccc(N(CC(C)C)CC(C)C)c([N+](=O)[O-])c1. The number of hydrogen-bond donors (Lipinski definition) is 0. The highest BCUT2D eigenvalue weighted by molar-refractivity contribution is 5.68. The molecule has 1 aromatic carbocycles. The monoisotopic (exact) mass is 276 g/mol. The highest BCUT2D eigenvalue weighted by Crippen LogP contribution is 2.30. The second-order valence-electron chi connectivity index (χ2n) is 5.90. The molecule has 0 atom stereocenters. The van der Waals surface area contributed by atoms with E-state index in [0.717, 1.165) is 18.7 Å². The number of anilines is 1. The molecule has 0 saturated carbocycles. The Labute approximate surface area is 121 Å². The van der Waals surface area contributed by atoms with Crippen LogP contribution in [0.15, 0.2) is 24.8 Å². The van der Waals surface area contributed by atoms with Gasteiger partial charge in [0, 0.05) is 19.2 Å². The molecule has 0 aromatic heterocycles. The summed E-state index contributed by atoms with van der Waals surface area (Å²) in [5.74, 6) is 0.903. The molecule has 4 heteroatoms. The minimum absolute atomic E-state index is 0.156. The average molecular weight is 276 g/mol. The predicted molar refractivity (Wildman–Crippen MR) is 85.1 cm³/mol. The molecular weight excluding hydrogens is 252 g/mol. The highest BCUT2D eigenvalue weighted by Gasteiger charge is 2.21. The van der Waals surface area contributed by atoms with Crippen LogP contribution in [-0.4, -0.2) is 18.0 Å². The molecule has 0 spiro atoms. The molecule has 0 radical (unpaired) electrons. The van der Waals surface area contributed by atoms with E-state index in [1.807, 2.05) is 12.1 Å². The summed E-state index contributed by atoms with van der Waals surface area (Å²) >= 11 is 0. The molecule has 0 aliphatic heterocycles. The fourth-order valence-electron chi connectivity index (χ4n) is 2.23. The standard InChI is InChI=1S/C16H24N2O2/c1-6-14-7-8-15(16(9-14)18(19)20)17(10-12(2)3)11-13(4)5/h6-9,12-13H,1,10-11H2,2-5H3. The van der Waals surface area contributed by atoms with Crippen LogP contribution >= 0.6 is 0 Å². The van der Waals surface area contributed by atoms with E-state index >= 15 is 0 Å². The van der Waals surface area contributed by atoms with Crippen LogP contribution in [0.1, 0.15) is 33.3 Å². The first kappa shape index (κ1) is 16.2. The van der Waals surface area contributed by atoms with Crippen molar-refractivity contribution in [3.8, 4) is 0 Å². The molecule has 0 aliphatic carbocycles. The summed E-state index contributed by atoms with van der Waals surface area (Å²) in [7, 11) is 0. The Kier molecular flexibility index (Phi) is 5.74. The van der Waals surface area contributed by atoms with Crippen LogP contribution in [0, 0.1) is 22.0 Å². The van der Waals surface area contributed by atoms with Gasteiger partial charge in [0.25, 0.3) is 5.69 Å². The normalized spacial score (nSPS) is 10.9. The second kappa shape index (κ2) is 7.08. The Bertz CT molecular complexity index is 471. The molecule has 0 amide bonds. The maximum Gasteiger partial charge on any atom is 0.293 e. The number of nitro benzene ring substituents is 1. The predicted octanol–water partition coefficient (Wildman–Crippen LogP) is 4.36. The van der Waals surface area contributed by atoms with Crippen molar-refractivity contribution < 1.29 is 4.92 Å². The first-order valence-corrected chi connectivity index (χ1v) is 7.01. The molecule has 4 nitrogen and oxygen atoms in total. The summed E-state index contributed by atoms with van der Waals surface area (Å²) in [5.41, 5.74) is 1.63. The van der Waals surface area contributed by atoms with Gasteiger partial charge in [-0.15, -0.1) is 0 Å². The Hall–Kier alpha value is -1.84. The number of nitrogens with zero attached hydrogens (tertiary/aromatic N) is 2. The molecule has 0 aliphatic rings. The van der Waals surface area contributed by atoms with Crippen LogP contribution in [0.2, 0.25) is 0 Å². The van der Waals surface area contributed by atoms with Gasteiger partial charge in [0.1, 0.15) is 5.69 Å². The van der Waals surface area contributed by atoms with Gasteiger partial charge in [-0.25, -0.2) is 0 Å². The van der Waals surface area contributed by atoms with Gasteiger partial charge >= 0.3 is 0 Å². The Balaban J connectivity index is 3.23. The summed E-state index contributed by atoms with van der Waals surface area (Å²) in [6, 6.07) is 5.30. The number of nitro groups is 1. The number of hydrogen-bond acceptors (Lipinski definition) is 3. The third kappa shape index (κ3) is 4.37. The lowest BCUT2D eigenvalue weighted by Crippen LogP contribution is -2.31. The Morgan fingerprint density at radius 2 is 1.80 bits per heavy atom. The van der Waals surface area contributed by atoms with E-state index in [-0.39, 0.29) is 10.6 Å². The first-order chi connectivity index (χ1) is 9.35. The zero-order valence-electron chi connectivity index (χ0n) is 12.8. The maximum atomic E-state index is 11.3. The van der Waals surface area contributed by atoms with Crippen molar-refractivity contribution in [3.05, 3.63) is 40.5 Å². The van der Waals surface area contributed by atoms with Gasteiger partial charge in [0.05, 0.1) is 4.92 Å². The molecule has 20 heavy (non-hydrogen) atoms. The maximum absolute atomic E-state index is 11.3. The molecule has 0 unspecified atom stereocenters. The molecule has 1 aromatic rings. The van der Waals surface area contributed by atoms with Crippen LogP contribution in [0.25, 0.3) is 6.08 Å². The van der Waals surface area contributed by atoms with Gasteiger partial charge in [0.2, 0.25) is 0 Å². The van der Waals surface area contributed by atoms with Gasteiger partial charge in [0.15, 0.2) is 0 Å². The van der Waals surface area contributed by atoms with Crippen LogP contribution in [0.3, 0.4) is 0 Å². The van der Waals surface area contributed by atoms with E-state index in [1.165, 1.54) is 0 Å². The van der Waals surface area contributed by atoms with Gasteiger partial charge in [-0.3, -0.25) is 10.1 Å². The summed E-state index contributed by atoms with van der Waals surface area (Å²) < 4.78 is 0. The van der Waals surface area contributed by atoms with Crippen LogP contribution < -0.4 is 4.90 Å². The quantitative estimate of drug-likeness (QED) is 0.549. The second-order valence-corrected chi connectivity index (χ2v) is 5.90. The lowest BCUT2D eigenvalue weighted by atomic mass is 10.1. The molecule has 0 bridgehead atoms. The summed E-state index contributed by atoms with van der Waals surface area (Å²) in [5, 5.41) is 11.3. The van der Waals surface area contributed by atoms with Crippen LogP contribution in [-0.2, 0) is 0 Å². The van der Waals surface area contributed by atoms with Gasteiger partial charge in [-0.1, -0.05) is 46.4 Å². The third-order valence-electron chi connectivity index (χ3n) is 2.94. The molecule has 0 heterocycles. The molecule has 0 N–H and O–H groups in total. The summed E-state index contributed by atoms with van der Waals surface area (Å²) in [6.45, 7) is 13.8. The minimum atomic E-state index is -0.310. The van der Waals surface area contributed by atoms with Crippen LogP contribution in [0.4, 0.5) is 11.4 Å². The summed E-state index contributed by atoms with van der Waals surface area (Å²) in [4.78, 5) is 13.1. The highest BCUT2D eigenvalue weighted by atomic mass is 16.6. The van der Waals surface area contributed by atoms with Gasteiger partial charge in [-0.05, 0) is 23.5 Å². The van der Waals surface area contributed by atoms with Gasteiger partial charge < -0.3 is 4.90 Å². The zero-order chi connectivity index (χ0) is 15.3. The van der Waals surface area contributed by atoms with Crippen LogP contribution in [0.5, 0.6) is 0 Å². The largest absolute Gasteiger partial charge is 0.365 e. The fraction of sp³-hybridized carbons (Fsp3) is 0.500. The van der Waals surface area contributed by atoms with Crippen molar-refractivity contribution in [2.45, 2.75) is 27.7 Å². The topological polar surface area (TPSA) is 46.4 Å². The van der Waals surface area contributed by atoms with Crippen molar-refractivity contribution in [1.82, 2.24) is 0 Å². The lowest BCUT2D eigenvalue weighted by Gasteiger charge is -2.28. The zero-order valence-corrected chi connectivity index (χ0v) is 12.8. The van der Waals surface area contributed by atoms with Crippen molar-refractivity contribution in [2.75, 3.05) is 18.0 Å². The van der Waals surface area contributed by atoms with E-state index in [1.54, 1.807) is 12.1 Å². The van der Waals surface area contributed by atoms with Crippen molar-refractivity contribution in [3.63, 3.8) is 0 Å². The van der Waals surface area contributed by atoms with Crippen molar-refractivity contribution in [2.24, 2.45) is 11.8 Å². The van der Waals surface area contributed by atoms with E-state index in [9.17, 15) is 10.1 Å². The molecular formula is C16H24N2O2. The van der Waals surface area contributed by atoms with E-state index < -0.39 is 0 Å². The van der Waals surface area contributed by atoms with Gasteiger partial charge in [-0.2, -0.15) is 0 Å².